The molecule has 0 bridgehead atoms. The Labute approximate surface area is 204 Å². The van der Waals surface area contributed by atoms with Gasteiger partial charge >= 0.3 is 0 Å². The molecule has 2 aliphatic heterocycles. The third-order valence-electron chi connectivity index (χ3n) is 7.00. The van der Waals surface area contributed by atoms with E-state index in [9.17, 15) is 9.18 Å². The smallest absolute Gasteiger partial charge is 0.260 e. The Kier molecular flexibility index (Phi) is 6.00. The van der Waals surface area contributed by atoms with Crippen LogP contribution in [0.3, 0.4) is 0 Å². The van der Waals surface area contributed by atoms with Crippen LogP contribution in [0.25, 0.3) is 11.5 Å². The lowest BCUT2D eigenvalue weighted by molar-refractivity contribution is 0.0996. The summed E-state index contributed by atoms with van der Waals surface area (Å²) in [5.41, 5.74) is 2.99. The first-order valence-corrected chi connectivity index (χ1v) is 12.1. The molecule has 0 radical (unpaired) electrons. The van der Waals surface area contributed by atoms with Gasteiger partial charge in [0.15, 0.2) is 5.82 Å². The first kappa shape index (κ1) is 23.3. The average molecular weight is 479 g/mol. The van der Waals surface area contributed by atoms with Gasteiger partial charge in [0.1, 0.15) is 29.3 Å². The minimum absolute atomic E-state index is 0.107. The second-order valence-electron chi connectivity index (χ2n) is 9.55. The summed E-state index contributed by atoms with van der Waals surface area (Å²) in [5, 5.41) is 11.7. The largest absolute Gasteiger partial charge is 0.357 e. The van der Waals surface area contributed by atoms with Crippen LogP contribution < -0.4 is 15.1 Å². The van der Waals surface area contributed by atoms with Crippen molar-refractivity contribution in [1.82, 2.24) is 30.0 Å². The van der Waals surface area contributed by atoms with Gasteiger partial charge in [0, 0.05) is 31.6 Å². The molecule has 1 amide bonds. The van der Waals surface area contributed by atoms with Crippen LogP contribution in [-0.2, 0) is 19.5 Å². The number of anilines is 2. The van der Waals surface area contributed by atoms with Crippen molar-refractivity contribution in [2.45, 2.75) is 65.0 Å². The lowest BCUT2D eigenvalue weighted by Crippen LogP contribution is -2.27. The summed E-state index contributed by atoms with van der Waals surface area (Å²) in [6, 6.07) is 7.31. The van der Waals surface area contributed by atoms with Crippen molar-refractivity contribution < 1.29 is 9.18 Å². The molecule has 9 nitrogen and oxygen atoms in total. The maximum atomic E-state index is 14.3. The van der Waals surface area contributed by atoms with Crippen molar-refractivity contribution in [3.63, 3.8) is 0 Å². The van der Waals surface area contributed by atoms with Gasteiger partial charge in [-0.2, -0.15) is 0 Å². The van der Waals surface area contributed by atoms with Gasteiger partial charge in [-0.05, 0) is 52.4 Å². The van der Waals surface area contributed by atoms with Crippen LogP contribution in [0.5, 0.6) is 0 Å². The summed E-state index contributed by atoms with van der Waals surface area (Å²) in [7, 11) is 3.85. The fourth-order valence-corrected chi connectivity index (χ4v) is 4.85. The van der Waals surface area contributed by atoms with Gasteiger partial charge in [-0.1, -0.05) is 6.07 Å². The van der Waals surface area contributed by atoms with E-state index in [1.807, 2.05) is 42.9 Å². The number of nitrogens with zero attached hydrogens (tertiary/aromatic N) is 7. The summed E-state index contributed by atoms with van der Waals surface area (Å²) >= 11 is 0. The van der Waals surface area contributed by atoms with E-state index in [1.165, 1.54) is 0 Å². The normalized spacial score (nSPS) is 17.7. The first-order chi connectivity index (χ1) is 16.8. The van der Waals surface area contributed by atoms with Gasteiger partial charge in [-0.3, -0.25) is 9.69 Å². The maximum absolute atomic E-state index is 14.3. The van der Waals surface area contributed by atoms with Crippen molar-refractivity contribution >= 4 is 17.5 Å². The number of pyridine rings is 2. The molecule has 0 fully saturated rings. The number of nitrogens with one attached hydrogen (secondary N) is 1. The molecule has 3 aromatic heterocycles. The molecule has 0 unspecified atom stereocenters. The van der Waals surface area contributed by atoms with Crippen LogP contribution in [0.15, 0.2) is 24.3 Å². The quantitative estimate of drug-likeness (QED) is 0.557. The molecule has 0 saturated carbocycles. The minimum atomic E-state index is -1.01. The Morgan fingerprint density at radius 2 is 2.03 bits per heavy atom. The number of carbonyl (C=O) groups is 1. The molecule has 1 N–H and O–H groups in total. The van der Waals surface area contributed by atoms with E-state index in [-0.39, 0.29) is 18.0 Å². The molecule has 3 aromatic rings. The fraction of sp³-hybridized carbons (Fsp3) is 0.480. The highest BCUT2D eigenvalue weighted by Crippen LogP contribution is 2.35. The van der Waals surface area contributed by atoms with Crippen LogP contribution in [-0.4, -0.2) is 56.9 Å². The number of fused-ring (bicyclic) bond motifs is 2. The van der Waals surface area contributed by atoms with E-state index in [2.05, 4.69) is 34.3 Å². The zero-order valence-corrected chi connectivity index (χ0v) is 20.8. The molecule has 2 aliphatic rings. The third kappa shape index (κ3) is 3.95. The fourth-order valence-electron chi connectivity index (χ4n) is 4.85. The van der Waals surface area contributed by atoms with E-state index in [0.29, 0.717) is 48.8 Å². The molecule has 10 heteroatoms. The molecule has 5 heterocycles. The Balaban J connectivity index is 1.51. The second kappa shape index (κ2) is 8.99. The highest BCUT2D eigenvalue weighted by atomic mass is 19.1. The van der Waals surface area contributed by atoms with Gasteiger partial charge in [0.2, 0.25) is 0 Å². The maximum Gasteiger partial charge on any atom is 0.260 e. The van der Waals surface area contributed by atoms with Crippen LogP contribution in [0.1, 0.15) is 60.7 Å². The predicted octanol–water partition coefficient (Wildman–Crippen LogP) is 3.30. The minimum Gasteiger partial charge on any atom is -0.357 e. The Bertz CT molecular complexity index is 1270. The van der Waals surface area contributed by atoms with E-state index in [4.69, 9.17) is 9.97 Å². The molecule has 0 saturated heterocycles. The molecular formula is C25H31FN8O. The monoisotopic (exact) mass is 478 g/mol. The number of hydrogen-bond acceptors (Lipinski definition) is 7. The van der Waals surface area contributed by atoms with Crippen molar-refractivity contribution in [2.75, 3.05) is 23.9 Å². The highest BCUT2D eigenvalue weighted by Gasteiger charge is 2.35. The highest BCUT2D eigenvalue weighted by molar-refractivity contribution is 6.10. The zero-order chi connectivity index (χ0) is 24.9. The topological polar surface area (TPSA) is 92.1 Å². The van der Waals surface area contributed by atoms with E-state index in [0.717, 1.165) is 22.9 Å². The van der Waals surface area contributed by atoms with Crippen molar-refractivity contribution in [3.05, 3.63) is 46.9 Å². The predicted molar refractivity (Wildman–Crippen MR) is 132 cm³/mol. The summed E-state index contributed by atoms with van der Waals surface area (Å²) < 4.78 is 16.1. The molecule has 0 aromatic carbocycles. The lowest BCUT2D eigenvalue weighted by Gasteiger charge is -2.24. The van der Waals surface area contributed by atoms with Gasteiger partial charge in [0.25, 0.3) is 5.91 Å². The summed E-state index contributed by atoms with van der Waals surface area (Å²) in [5.74, 6) is 2.50. The van der Waals surface area contributed by atoms with Crippen LogP contribution in [0.4, 0.5) is 16.0 Å². The number of aryl methyl sites for hydroxylation is 1. The number of aromatic nitrogens is 5. The van der Waals surface area contributed by atoms with Crippen molar-refractivity contribution in [2.24, 2.45) is 0 Å². The molecule has 0 spiro atoms. The molecule has 5 rings (SSSR count). The summed E-state index contributed by atoms with van der Waals surface area (Å²) in [6.45, 7) is 6.69. The van der Waals surface area contributed by atoms with Crippen LogP contribution >= 0.6 is 0 Å². The Hall–Kier alpha value is -3.40. The number of alkyl halides is 1. The van der Waals surface area contributed by atoms with E-state index >= 15 is 0 Å². The van der Waals surface area contributed by atoms with Crippen LogP contribution in [0, 0.1) is 0 Å². The van der Waals surface area contributed by atoms with Gasteiger partial charge in [0.05, 0.1) is 23.8 Å². The summed E-state index contributed by atoms with van der Waals surface area (Å²) in [4.78, 5) is 26.9. The van der Waals surface area contributed by atoms with Crippen LogP contribution in [0.2, 0.25) is 0 Å². The Morgan fingerprint density at radius 1 is 1.23 bits per heavy atom. The number of rotatable bonds is 7. The van der Waals surface area contributed by atoms with Gasteiger partial charge in [-0.25, -0.2) is 14.4 Å². The zero-order valence-electron chi connectivity index (χ0n) is 20.8. The molecular weight excluding hydrogens is 447 g/mol. The van der Waals surface area contributed by atoms with Gasteiger partial charge < -0.3 is 14.8 Å². The molecule has 0 aliphatic carbocycles. The van der Waals surface area contributed by atoms with E-state index < -0.39 is 6.17 Å². The Morgan fingerprint density at radius 3 is 2.74 bits per heavy atom. The number of hydrogen-bond donors (Lipinski definition) is 1. The summed E-state index contributed by atoms with van der Waals surface area (Å²) in [6.07, 6.45) is 0.379. The number of halogens is 1. The molecule has 2 atom stereocenters. The first-order valence-electron chi connectivity index (χ1n) is 12.1. The third-order valence-corrected chi connectivity index (χ3v) is 7.00. The average Bonchev–Trinajstić information content (AvgIpc) is 3.53. The van der Waals surface area contributed by atoms with Gasteiger partial charge in [-0.15, -0.1) is 10.2 Å². The SMILES string of the molecule is CNCc1nc(N(C)C(C)C)cc2c1CN(c1cccc(-c3nnc4n3[C@@H]([C@@H](C)F)CC4)n1)C2=O. The second-order valence-corrected chi connectivity index (χ2v) is 9.55. The standard InChI is InChI=1S/C25H31FN8O/c1-14(2)32(5)23-11-16-17(19(29-23)12-27-4)13-33(25(16)35)21-8-6-7-18(28-21)24-31-30-22-10-9-20(15(3)26)34(22)24/h6-8,11,14-15,20,27H,9-10,12-13H2,1-5H3/t15-,20-/m1/s1. The van der Waals surface area contributed by atoms with Crippen molar-refractivity contribution in [1.29, 1.82) is 0 Å². The lowest BCUT2D eigenvalue weighted by atomic mass is 10.1. The van der Waals surface area contributed by atoms with Crippen molar-refractivity contribution in [3.8, 4) is 11.5 Å². The molecule has 184 valence electrons. The molecule has 35 heavy (non-hydrogen) atoms. The number of carbonyl (C=O) groups excluding carboxylic acids is 1. The number of amides is 1. The van der Waals surface area contributed by atoms with E-state index in [1.54, 1.807) is 11.8 Å².